The largest absolute Gasteiger partial charge is 0.486 e. The Morgan fingerprint density at radius 2 is 2.07 bits per heavy atom. The van der Waals surface area contributed by atoms with Crippen LogP contribution in [0.15, 0.2) is 29.6 Å². The third kappa shape index (κ3) is 3.53. The van der Waals surface area contributed by atoms with Gasteiger partial charge in [0.15, 0.2) is 16.7 Å². The van der Waals surface area contributed by atoms with Gasteiger partial charge in [-0.3, -0.25) is 14.5 Å². The standard InChI is InChI=1S/C19H21N3O4S/c1-2-21-14(13-5-6-15-16(10-13)26-9-8-25-15)11-20-19(21)27-12-18(24)22-7-3-4-17(22)23/h5-6,10-11H,2-4,7-9,12H2,1H3. The molecule has 1 aromatic heterocycles. The van der Waals surface area contributed by atoms with Crippen LogP contribution in [0.25, 0.3) is 11.3 Å². The number of carbonyl (C=O) groups is 2. The molecule has 4 rings (SSSR count). The number of aromatic nitrogens is 2. The first-order valence-corrected chi connectivity index (χ1v) is 10.1. The van der Waals surface area contributed by atoms with Gasteiger partial charge in [-0.25, -0.2) is 4.98 Å². The molecule has 2 aliphatic heterocycles. The van der Waals surface area contributed by atoms with E-state index in [0.717, 1.165) is 40.9 Å². The average molecular weight is 387 g/mol. The Labute approximate surface area is 161 Å². The highest BCUT2D eigenvalue weighted by Gasteiger charge is 2.26. The Kier molecular flexibility index (Phi) is 5.07. The van der Waals surface area contributed by atoms with Crippen molar-refractivity contribution in [1.29, 1.82) is 0 Å². The van der Waals surface area contributed by atoms with Gasteiger partial charge in [0.2, 0.25) is 11.8 Å². The second-order valence-electron chi connectivity index (χ2n) is 6.36. The van der Waals surface area contributed by atoms with Crippen molar-refractivity contribution in [3.8, 4) is 22.8 Å². The lowest BCUT2D eigenvalue weighted by Crippen LogP contribution is -2.33. The molecule has 8 heteroatoms. The fourth-order valence-corrected chi connectivity index (χ4v) is 4.25. The fourth-order valence-electron chi connectivity index (χ4n) is 3.33. The fraction of sp³-hybridized carbons (Fsp3) is 0.421. The van der Waals surface area contributed by atoms with Gasteiger partial charge in [0.1, 0.15) is 13.2 Å². The average Bonchev–Trinajstić information content (AvgIpc) is 3.31. The first-order valence-electron chi connectivity index (χ1n) is 9.09. The molecule has 1 fully saturated rings. The van der Waals surface area contributed by atoms with E-state index < -0.39 is 0 Å². The molecular formula is C19H21N3O4S. The number of thioether (sulfide) groups is 1. The summed E-state index contributed by atoms with van der Waals surface area (Å²) in [5.41, 5.74) is 1.95. The molecule has 0 aliphatic carbocycles. The topological polar surface area (TPSA) is 73.7 Å². The van der Waals surface area contributed by atoms with Crippen LogP contribution in [0.2, 0.25) is 0 Å². The number of rotatable bonds is 5. The van der Waals surface area contributed by atoms with Crippen LogP contribution < -0.4 is 9.47 Å². The molecule has 0 radical (unpaired) electrons. The number of carbonyl (C=O) groups excluding carboxylic acids is 2. The van der Waals surface area contributed by atoms with E-state index in [1.54, 1.807) is 0 Å². The van der Waals surface area contributed by atoms with E-state index in [4.69, 9.17) is 9.47 Å². The zero-order valence-corrected chi connectivity index (χ0v) is 16.0. The summed E-state index contributed by atoms with van der Waals surface area (Å²) < 4.78 is 13.3. The summed E-state index contributed by atoms with van der Waals surface area (Å²) in [6, 6.07) is 5.85. The molecule has 142 valence electrons. The van der Waals surface area contributed by atoms with E-state index in [0.29, 0.717) is 26.2 Å². The van der Waals surface area contributed by atoms with Crippen LogP contribution in [0.1, 0.15) is 19.8 Å². The third-order valence-corrected chi connectivity index (χ3v) is 5.65. The van der Waals surface area contributed by atoms with Crippen LogP contribution in [-0.2, 0) is 16.1 Å². The molecule has 1 aromatic carbocycles. The number of benzene rings is 1. The summed E-state index contributed by atoms with van der Waals surface area (Å²) in [7, 11) is 0. The van der Waals surface area contributed by atoms with Crippen LogP contribution in [0.4, 0.5) is 0 Å². The molecule has 2 aliphatic rings. The molecule has 2 amide bonds. The molecule has 0 atom stereocenters. The van der Waals surface area contributed by atoms with Gasteiger partial charge in [-0.15, -0.1) is 0 Å². The summed E-state index contributed by atoms with van der Waals surface area (Å²) in [4.78, 5) is 29.8. The smallest absolute Gasteiger partial charge is 0.239 e. The van der Waals surface area contributed by atoms with Crippen molar-refractivity contribution in [3.63, 3.8) is 0 Å². The number of likely N-dealkylation sites (tertiary alicyclic amines) is 1. The summed E-state index contributed by atoms with van der Waals surface area (Å²) in [6.07, 6.45) is 3.03. The van der Waals surface area contributed by atoms with Gasteiger partial charge in [-0.05, 0) is 31.5 Å². The number of hydrogen-bond donors (Lipinski definition) is 0. The first kappa shape index (κ1) is 17.9. The molecule has 2 aromatic rings. The number of nitrogens with zero attached hydrogens (tertiary/aromatic N) is 3. The minimum absolute atomic E-state index is 0.0728. The molecule has 0 N–H and O–H groups in total. The van der Waals surface area contributed by atoms with Crippen molar-refractivity contribution >= 4 is 23.6 Å². The van der Waals surface area contributed by atoms with Crippen molar-refractivity contribution in [2.45, 2.75) is 31.5 Å². The maximum absolute atomic E-state index is 12.3. The van der Waals surface area contributed by atoms with Crippen LogP contribution in [0.5, 0.6) is 11.5 Å². The van der Waals surface area contributed by atoms with Gasteiger partial charge < -0.3 is 14.0 Å². The quantitative estimate of drug-likeness (QED) is 0.734. The van der Waals surface area contributed by atoms with E-state index in [1.165, 1.54) is 16.7 Å². The summed E-state index contributed by atoms with van der Waals surface area (Å²) in [5.74, 6) is 1.48. The van der Waals surface area contributed by atoms with Gasteiger partial charge in [0.25, 0.3) is 0 Å². The van der Waals surface area contributed by atoms with Crippen LogP contribution in [0, 0.1) is 0 Å². The van der Waals surface area contributed by atoms with Gasteiger partial charge in [0, 0.05) is 25.1 Å². The number of fused-ring (bicyclic) bond motifs is 1. The number of imide groups is 1. The van der Waals surface area contributed by atoms with Crippen molar-refractivity contribution in [3.05, 3.63) is 24.4 Å². The number of ether oxygens (including phenoxy) is 2. The van der Waals surface area contributed by atoms with E-state index in [9.17, 15) is 9.59 Å². The number of hydrogen-bond acceptors (Lipinski definition) is 6. The van der Waals surface area contributed by atoms with Gasteiger partial charge in [0.05, 0.1) is 17.6 Å². The van der Waals surface area contributed by atoms with E-state index in [2.05, 4.69) is 9.55 Å². The summed E-state index contributed by atoms with van der Waals surface area (Å²) in [6.45, 7) is 4.40. The number of amides is 2. The number of imidazole rings is 1. The predicted octanol–water partition coefficient (Wildman–Crippen LogP) is 2.58. The molecule has 27 heavy (non-hydrogen) atoms. The molecule has 0 unspecified atom stereocenters. The van der Waals surface area contributed by atoms with Crippen molar-refractivity contribution < 1.29 is 19.1 Å². The van der Waals surface area contributed by atoms with E-state index in [1.807, 2.05) is 31.3 Å². The molecule has 1 saturated heterocycles. The summed E-state index contributed by atoms with van der Waals surface area (Å²) >= 11 is 1.37. The minimum atomic E-state index is -0.144. The van der Waals surface area contributed by atoms with E-state index >= 15 is 0 Å². The Hall–Kier alpha value is -2.48. The molecule has 0 bridgehead atoms. The van der Waals surface area contributed by atoms with Crippen molar-refractivity contribution in [1.82, 2.24) is 14.5 Å². The second kappa shape index (κ2) is 7.64. The highest BCUT2D eigenvalue weighted by atomic mass is 32.2. The monoisotopic (exact) mass is 387 g/mol. The molecule has 0 saturated carbocycles. The lowest BCUT2D eigenvalue weighted by molar-refractivity contribution is -0.140. The predicted molar refractivity (Wildman–Crippen MR) is 101 cm³/mol. The van der Waals surface area contributed by atoms with Gasteiger partial charge in [-0.1, -0.05) is 11.8 Å². The highest BCUT2D eigenvalue weighted by Crippen LogP contribution is 2.35. The van der Waals surface area contributed by atoms with Gasteiger partial charge >= 0.3 is 0 Å². The Morgan fingerprint density at radius 1 is 1.26 bits per heavy atom. The first-order chi connectivity index (χ1) is 13.2. The zero-order valence-electron chi connectivity index (χ0n) is 15.1. The van der Waals surface area contributed by atoms with Crippen LogP contribution in [0.3, 0.4) is 0 Å². The minimum Gasteiger partial charge on any atom is -0.486 e. The van der Waals surface area contributed by atoms with E-state index in [-0.39, 0.29) is 17.6 Å². The van der Waals surface area contributed by atoms with Crippen LogP contribution in [-0.4, -0.2) is 51.8 Å². The third-order valence-electron chi connectivity index (χ3n) is 4.67. The Bertz CT molecular complexity index is 880. The normalized spacial score (nSPS) is 16.0. The molecular weight excluding hydrogens is 366 g/mol. The lowest BCUT2D eigenvalue weighted by atomic mass is 10.1. The molecule has 3 heterocycles. The Balaban J connectivity index is 1.52. The SMILES string of the molecule is CCn1c(-c2ccc3c(c2)OCCO3)cnc1SCC(=O)N1CCCC1=O. The highest BCUT2D eigenvalue weighted by molar-refractivity contribution is 7.99. The summed E-state index contributed by atoms with van der Waals surface area (Å²) in [5, 5.41) is 0.766. The van der Waals surface area contributed by atoms with Gasteiger partial charge in [-0.2, -0.15) is 0 Å². The molecule has 7 nitrogen and oxygen atoms in total. The van der Waals surface area contributed by atoms with Crippen molar-refractivity contribution in [2.75, 3.05) is 25.5 Å². The van der Waals surface area contributed by atoms with Crippen LogP contribution >= 0.6 is 11.8 Å². The lowest BCUT2D eigenvalue weighted by Gasteiger charge is -2.19. The second-order valence-corrected chi connectivity index (χ2v) is 7.30. The zero-order chi connectivity index (χ0) is 18.8. The van der Waals surface area contributed by atoms with Crippen molar-refractivity contribution in [2.24, 2.45) is 0 Å². The maximum Gasteiger partial charge on any atom is 0.239 e. The molecule has 0 spiro atoms. The Morgan fingerprint density at radius 3 is 2.81 bits per heavy atom. The maximum atomic E-state index is 12.3.